The Hall–Kier alpha value is -1.68. The summed E-state index contributed by atoms with van der Waals surface area (Å²) < 4.78 is 6.51. The van der Waals surface area contributed by atoms with Crippen LogP contribution in [-0.2, 0) is 0 Å². The van der Waals surface area contributed by atoms with E-state index in [0.717, 1.165) is 15.8 Å². The smallest absolute Gasteiger partial charge is 0.144 e. The van der Waals surface area contributed by atoms with Crippen molar-refractivity contribution in [1.29, 1.82) is 0 Å². The van der Waals surface area contributed by atoms with E-state index in [-0.39, 0.29) is 0 Å². The van der Waals surface area contributed by atoms with Gasteiger partial charge in [-0.15, -0.1) is 0 Å². The first-order valence-corrected chi connectivity index (χ1v) is 6.95. The van der Waals surface area contributed by atoms with E-state index in [9.17, 15) is 0 Å². The summed E-state index contributed by atoms with van der Waals surface area (Å²) in [7, 11) is 0. The average molecular weight is 321 g/mol. The number of ether oxygens (including phenoxy) is 1. The minimum absolute atomic E-state index is 0.599. The Labute approximate surface area is 121 Å². The minimum Gasteiger partial charge on any atom is -0.492 e. The molecule has 0 spiro atoms. The lowest BCUT2D eigenvalue weighted by Gasteiger charge is -2.12. The molecule has 0 atom stereocenters. The Kier molecular flexibility index (Phi) is 4.32. The molecule has 100 valence electrons. The summed E-state index contributed by atoms with van der Waals surface area (Å²) in [5.74, 6) is 0.705. The van der Waals surface area contributed by atoms with E-state index in [1.54, 1.807) is 0 Å². The SMILES string of the molecule is CCOc1cc(Nc2cc(C)ccc2Br)ccc1N. The van der Waals surface area contributed by atoms with Gasteiger partial charge in [0, 0.05) is 16.2 Å². The van der Waals surface area contributed by atoms with Crippen molar-refractivity contribution >= 4 is 33.0 Å². The first-order chi connectivity index (χ1) is 9.10. The molecule has 0 aliphatic carbocycles. The van der Waals surface area contributed by atoms with Gasteiger partial charge in [0.15, 0.2) is 0 Å². The lowest BCUT2D eigenvalue weighted by Crippen LogP contribution is -1.98. The number of hydrogen-bond donors (Lipinski definition) is 2. The highest BCUT2D eigenvalue weighted by Gasteiger charge is 2.04. The van der Waals surface area contributed by atoms with Gasteiger partial charge in [-0.05, 0) is 59.6 Å². The van der Waals surface area contributed by atoms with Gasteiger partial charge in [0.2, 0.25) is 0 Å². The third-order valence-corrected chi connectivity index (χ3v) is 3.41. The molecule has 4 heteroatoms. The first kappa shape index (κ1) is 13.7. The minimum atomic E-state index is 0.599. The second kappa shape index (κ2) is 5.97. The lowest BCUT2D eigenvalue weighted by atomic mass is 10.2. The lowest BCUT2D eigenvalue weighted by molar-refractivity contribution is 0.342. The van der Waals surface area contributed by atoms with Gasteiger partial charge in [-0.3, -0.25) is 0 Å². The van der Waals surface area contributed by atoms with Gasteiger partial charge in [0.25, 0.3) is 0 Å². The van der Waals surface area contributed by atoms with Crippen LogP contribution in [-0.4, -0.2) is 6.61 Å². The van der Waals surface area contributed by atoms with Crippen LogP contribution in [0.2, 0.25) is 0 Å². The molecule has 3 N–H and O–H groups in total. The maximum atomic E-state index is 5.86. The van der Waals surface area contributed by atoms with E-state index >= 15 is 0 Å². The highest BCUT2D eigenvalue weighted by atomic mass is 79.9. The molecule has 0 aliphatic rings. The molecule has 2 aromatic carbocycles. The number of benzene rings is 2. The molecular weight excluding hydrogens is 304 g/mol. The van der Waals surface area contributed by atoms with Crippen LogP contribution in [0.15, 0.2) is 40.9 Å². The Morgan fingerprint density at radius 1 is 1.21 bits per heavy atom. The number of aryl methyl sites for hydroxylation is 1. The van der Waals surface area contributed by atoms with Crippen LogP contribution < -0.4 is 15.8 Å². The summed E-state index contributed by atoms with van der Waals surface area (Å²) in [5, 5.41) is 3.36. The fraction of sp³-hybridized carbons (Fsp3) is 0.200. The molecule has 0 amide bonds. The standard InChI is InChI=1S/C15H17BrN2O/c1-3-19-15-9-11(5-7-13(15)17)18-14-8-10(2)4-6-12(14)16/h4-9,18H,3,17H2,1-2H3. The molecular formula is C15H17BrN2O. The van der Waals surface area contributed by atoms with Crippen molar-refractivity contribution in [3.63, 3.8) is 0 Å². The van der Waals surface area contributed by atoms with Gasteiger partial charge < -0.3 is 15.8 Å². The van der Waals surface area contributed by atoms with Gasteiger partial charge in [-0.2, -0.15) is 0 Å². The van der Waals surface area contributed by atoms with Crippen molar-refractivity contribution < 1.29 is 4.74 Å². The fourth-order valence-electron chi connectivity index (χ4n) is 1.78. The van der Waals surface area contributed by atoms with Crippen LogP contribution in [0, 0.1) is 6.92 Å². The average Bonchev–Trinajstić information content (AvgIpc) is 2.38. The van der Waals surface area contributed by atoms with Crippen LogP contribution in [0.5, 0.6) is 5.75 Å². The summed E-state index contributed by atoms with van der Waals surface area (Å²) in [6, 6.07) is 11.9. The van der Waals surface area contributed by atoms with Crippen molar-refractivity contribution in [1.82, 2.24) is 0 Å². The maximum absolute atomic E-state index is 5.86. The number of nitrogens with two attached hydrogens (primary N) is 1. The van der Waals surface area contributed by atoms with Crippen molar-refractivity contribution in [2.75, 3.05) is 17.7 Å². The Balaban J connectivity index is 2.28. The van der Waals surface area contributed by atoms with Crippen LogP contribution in [0.3, 0.4) is 0 Å². The number of rotatable bonds is 4. The van der Waals surface area contributed by atoms with E-state index < -0.39 is 0 Å². The van der Waals surface area contributed by atoms with Crippen LogP contribution >= 0.6 is 15.9 Å². The van der Waals surface area contributed by atoms with Gasteiger partial charge in [0.1, 0.15) is 5.75 Å². The molecule has 0 aliphatic heterocycles. The molecule has 19 heavy (non-hydrogen) atoms. The second-order valence-electron chi connectivity index (χ2n) is 4.29. The number of nitrogen functional groups attached to an aromatic ring is 1. The summed E-state index contributed by atoms with van der Waals surface area (Å²) in [6.45, 7) is 4.60. The van der Waals surface area contributed by atoms with Gasteiger partial charge in [-0.1, -0.05) is 6.07 Å². The Morgan fingerprint density at radius 2 is 2.00 bits per heavy atom. The van der Waals surface area contributed by atoms with Crippen molar-refractivity contribution in [3.8, 4) is 5.75 Å². The summed E-state index contributed by atoms with van der Waals surface area (Å²) in [5.41, 5.74) is 9.68. The summed E-state index contributed by atoms with van der Waals surface area (Å²) >= 11 is 3.53. The van der Waals surface area contributed by atoms with E-state index in [1.807, 2.05) is 31.2 Å². The van der Waals surface area contributed by atoms with E-state index in [2.05, 4.69) is 40.3 Å². The predicted molar refractivity (Wildman–Crippen MR) is 84.2 cm³/mol. The number of anilines is 3. The molecule has 2 aromatic rings. The van der Waals surface area contributed by atoms with Crippen LogP contribution in [0.4, 0.5) is 17.1 Å². The zero-order chi connectivity index (χ0) is 13.8. The Bertz CT molecular complexity index is 584. The third-order valence-electron chi connectivity index (χ3n) is 2.71. The molecule has 0 fully saturated rings. The first-order valence-electron chi connectivity index (χ1n) is 6.15. The monoisotopic (exact) mass is 320 g/mol. The topological polar surface area (TPSA) is 47.3 Å². The molecule has 0 aromatic heterocycles. The normalized spacial score (nSPS) is 10.3. The molecule has 0 bridgehead atoms. The molecule has 2 rings (SSSR count). The maximum Gasteiger partial charge on any atom is 0.144 e. The third kappa shape index (κ3) is 3.41. The molecule has 0 saturated heterocycles. The quantitative estimate of drug-likeness (QED) is 0.816. The van der Waals surface area contributed by atoms with Gasteiger partial charge in [0.05, 0.1) is 18.0 Å². The number of nitrogens with one attached hydrogen (secondary N) is 1. The van der Waals surface area contributed by atoms with E-state index in [0.29, 0.717) is 18.0 Å². The highest BCUT2D eigenvalue weighted by molar-refractivity contribution is 9.10. The zero-order valence-corrected chi connectivity index (χ0v) is 12.6. The molecule has 0 radical (unpaired) electrons. The highest BCUT2D eigenvalue weighted by Crippen LogP contribution is 2.30. The zero-order valence-electron chi connectivity index (χ0n) is 11.0. The van der Waals surface area contributed by atoms with Gasteiger partial charge in [-0.25, -0.2) is 0 Å². The predicted octanol–water partition coefficient (Wildman–Crippen LogP) is 4.48. The van der Waals surface area contributed by atoms with Crippen LogP contribution in [0.1, 0.15) is 12.5 Å². The number of hydrogen-bond acceptors (Lipinski definition) is 3. The number of halogens is 1. The van der Waals surface area contributed by atoms with Crippen molar-refractivity contribution in [2.45, 2.75) is 13.8 Å². The molecule has 0 heterocycles. The fourth-order valence-corrected chi connectivity index (χ4v) is 2.13. The largest absolute Gasteiger partial charge is 0.492 e. The van der Waals surface area contributed by atoms with Crippen molar-refractivity contribution in [2.24, 2.45) is 0 Å². The summed E-state index contributed by atoms with van der Waals surface area (Å²) in [4.78, 5) is 0. The van der Waals surface area contributed by atoms with Gasteiger partial charge >= 0.3 is 0 Å². The van der Waals surface area contributed by atoms with E-state index in [4.69, 9.17) is 10.5 Å². The van der Waals surface area contributed by atoms with Crippen LogP contribution in [0.25, 0.3) is 0 Å². The Morgan fingerprint density at radius 3 is 2.74 bits per heavy atom. The summed E-state index contributed by atoms with van der Waals surface area (Å²) in [6.07, 6.45) is 0. The second-order valence-corrected chi connectivity index (χ2v) is 5.15. The molecule has 0 unspecified atom stereocenters. The van der Waals surface area contributed by atoms with E-state index in [1.165, 1.54) is 5.56 Å². The molecule has 3 nitrogen and oxygen atoms in total. The molecule has 0 saturated carbocycles. The van der Waals surface area contributed by atoms with Crippen molar-refractivity contribution in [3.05, 3.63) is 46.4 Å².